The standard InChI is InChI=1S/C13H20ClNS/c1-10-5-3-2-4-6-13(10)15-8-12-7-11(14)9-16-12/h7,9-10,13,15H,2-6,8H2,1H3. The summed E-state index contributed by atoms with van der Waals surface area (Å²) in [5.41, 5.74) is 0. The molecule has 1 aliphatic rings. The summed E-state index contributed by atoms with van der Waals surface area (Å²) in [6, 6.07) is 2.77. The molecule has 1 N–H and O–H groups in total. The van der Waals surface area contributed by atoms with E-state index in [2.05, 4.69) is 18.3 Å². The zero-order chi connectivity index (χ0) is 11.4. The van der Waals surface area contributed by atoms with Crippen LogP contribution in [0.15, 0.2) is 11.4 Å². The smallest absolute Gasteiger partial charge is 0.0516 e. The van der Waals surface area contributed by atoms with Crippen LogP contribution in [0.1, 0.15) is 43.9 Å². The molecule has 1 aromatic rings. The van der Waals surface area contributed by atoms with E-state index in [-0.39, 0.29) is 0 Å². The van der Waals surface area contributed by atoms with E-state index in [1.165, 1.54) is 37.0 Å². The monoisotopic (exact) mass is 257 g/mol. The van der Waals surface area contributed by atoms with Crippen molar-refractivity contribution >= 4 is 22.9 Å². The van der Waals surface area contributed by atoms with Gasteiger partial charge in [-0.1, -0.05) is 37.8 Å². The van der Waals surface area contributed by atoms with Crippen molar-refractivity contribution < 1.29 is 0 Å². The van der Waals surface area contributed by atoms with Gasteiger partial charge in [-0.05, 0) is 24.8 Å². The van der Waals surface area contributed by atoms with Gasteiger partial charge in [-0.25, -0.2) is 0 Å². The largest absolute Gasteiger partial charge is 0.309 e. The lowest BCUT2D eigenvalue weighted by Crippen LogP contribution is -2.33. The molecule has 0 aromatic carbocycles. The van der Waals surface area contributed by atoms with Crippen LogP contribution in [0.3, 0.4) is 0 Å². The van der Waals surface area contributed by atoms with Crippen LogP contribution in [-0.2, 0) is 6.54 Å². The molecule has 0 spiro atoms. The van der Waals surface area contributed by atoms with Gasteiger partial charge in [-0.3, -0.25) is 0 Å². The lowest BCUT2D eigenvalue weighted by molar-refractivity contribution is 0.357. The summed E-state index contributed by atoms with van der Waals surface area (Å²) < 4.78 is 0. The van der Waals surface area contributed by atoms with Crippen molar-refractivity contribution in [2.45, 2.75) is 51.6 Å². The highest BCUT2D eigenvalue weighted by atomic mass is 35.5. The third-order valence-corrected chi connectivity index (χ3v) is 4.81. The van der Waals surface area contributed by atoms with Crippen LogP contribution in [0.25, 0.3) is 0 Å². The molecule has 0 saturated heterocycles. The van der Waals surface area contributed by atoms with Gasteiger partial charge in [0.2, 0.25) is 0 Å². The van der Waals surface area contributed by atoms with Crippen molar-refractivity contribution in [2.75, 3.05) is 0 Å². The average molecular weight is 258 g/mol. The fourth-order valence-corrected chi connectivity index (χ4v) is 3.50. The maximum Gasteiger partial charge on any atom is 0.0516 e. The summed E-state index contributed by atoms with van der Waals surface area (Å²) in [7, 11) is 0. The van der Waals surface area contributed by atoms with Crippen LogP contribution in [0, 0.1) is 5.92 Å². The molecule has 1 nitrogen and oxygen atoms in total. The second-order valence-electron chi connectivity index (χ2n) is 4.83. The third kappa shape index (κ3) is 3.47. The fraction of sp³-hybridized carbons (Fsp3) is 0.692. The normalized spacial score (nSPS) is 26.6. The van der Waals surface area contributed by atoms with Crippen molar-refractivity contribution in [3.63, 3.8) is 0 Å². The van der Waals surface area contributed by atoms with Gasteiger partial charge in [0.25, 0.3) is 0 Å². The van der Waals surface area contributed by atoms with E-state index in [4.69, 9.17) is 11.6 Å². The van der Waals surface area contributed by atoms with Gasteiger partial charge in [-0.2, -0.15) is 0 Å². The van der Waals surface area contributed by atoms with Crippen molar-refractivity contribution in [1.29, 1.82) is 0 Å². The lowest BCUT2D eigenvalue weighted by atomic mass is 9.97. The van der Waals surface area contributed by atoms with E-state index < -0.39 is 0 Å². The number of halogens is 1. The van der Waals surface area contributed by atoms with Crippen LogP contribution >= 0.6 is 22.9 Å². The molecular formula is C13H20ClNS. The minimum absolute atomic E-state index is 0.698. The van der Waals surface area contributed by atoms with Crippen molar-refractivity contribution in [3.8, 4) is 0 Å². The Balaban J connectivity index is 1.83. The van der Waals surface area contributed by atoms with E-state index in [1.54, 1.807) is 11.3 Å². The molecule has 2 atom stereocenters. The van der Waals surface area contributed by atoms with E-state index in [0.717, 1.165) is 17.5 Å². The molecule has 1 fully saturated rings. The molecule has 2 rings (SSSR count). The van der Waals surface area contributed by atoms with Crippen molar-refractivity contribution in [1.82, 2.24) is 5.32 Å². The van der Waals surface area contributed by atoms with Crippen molar-refractivity contribution in [2.24, 2.45) is 5.92 Å². The third-order valence-electron chi connectivity index (χ3n) is 3.52. The number of nitrogens with one attached hydrogen (secondary N) is 1. The van der Waals surface area contributed by atoms with Crippen LogP contribution in [-0.4, -0.2) is 6.04 Å². The second-order valence-corrected chi connectivity index (χ2v) is 6.27. The topological polar surface area (TPSA) is 12.0 Å². The first-order chi connectivity index (χ1) is 7.75. The first kappa shape index (κ1) is 12.4. The molecule has 0 radical (unpaired) electrons. The maximum absolute atomic E-state index is 5.92. The van der Waals surface area contributed by atoms with Gasteiger partial charge in [0.1, 0.15) is 0 Å². The van der Waals surface area contributed by atoms with Crippen LogP contribution in [0.4, 0.5) is 0 Å². The lowest BCUT2D eigenvalue weighted by Gasteiger charge is -2.22. The Morgan fingerprint density at radius 3 is 2.94 bits per heavy atom. The highest BCUT2D eigenvalue weighted by Crippen LogP contribution is 2.24. The van der Waals surface area contributed by atoms with Crippen LogP contribution < -0.4 is 5.32 Å². The summed E-state index contributed by atoms with van der Waals surface area (Å²) in [5, 5.41) is 6.57. The molecule has 90 valence electrons. The number of thiophene rings is 1. The molecular weight excluding hydrogens is 238 g/mol. The van der Waals surface area contributed by atoms with Crippen LogP contribution in [0.2, 0.25) is 5.02 Å². The second kappa shape index (κ2) is 6.04. The first-order valence-electron chi connectivity index (χ1n) is 6.22. The highest BCUT2D eigenvalue weighted by molar-refractivity contribution is 7.10. The van der Waals surface area contributed by atoms with E-state index in [1.807, 2.05) is 5.38 Å². The predicted octanol–water partition coefficient (Wildman–Crippen LogP) is 4.46. The molecule has 16 heavy (non-hydrogen) atoms. The Morgan fingerprint density at radius 1 is 1.38 bits per heavy atom. The van der Waals surface area contributed by atoms with E-state index >= 15 is 0 Å². The van der Waals surface area contributed by atoms with Crippen LogP contribution in [0.5, 0.6) is 0 Å². The minimum Gasteiger partial charge on any atom is -0.309 e. The summed E-state index contributed by atoms with van der Waals surface area (Å²) in [6.07, 6.45) is 6.91. The summed E-state index contributed by atoms with van der Waals surface area (Å²) >= 11 is 7.67. The van der Waals surface area contributed by atoms with Crippen molar-refractivity contribution in [3.05, 3.63) is 21.3 Å². The number of hydrogen-bond acceptors (Lipinski definition) is 2. The highest BCUT2D eigenvalue weighted by Gasteiger charge is 2.19. The molecule has 2 unspecified atom stereocenters. The number of rotatable bonds is 3. The van der Waals surface area contributed by atoms with Gasteiger partial charge < -0.3 is 5.32 Å². The Bertz CT molecular complexity index is 323. The number of hydrogen-bond donors (Lipinski definition) is 1. The molecule has 3 heteroatoms. The molecule has 0 amide bonds. The van der Waals surface area contributed by atoms with Gasteiger partial charge in [0, 0.05) is 22.8 Å². The van der Waals surface area contributed by atoms with Gasteiger partial charge in [0.15, 0.2) is 0 Å². The molecule has 1 heterocycles. The Morgan fingerprint density at radius 2 is 2.19 bits per heavy atom. The Labute approximate surface area is 107 Å². The molecule has 0 aliphatic heterocycles. The van der Waals surface area contributed by atoms with E-state index in [9.17, 15) is 0 Å². The van der Waals surface area contributed by atoms with Gasteiger partial charge >= 0.3 is 0 Å². The summed E-state index contributed by atoms with van der Waals surface area (Å²) in [4.78, 5) is 1.35. The van der Waals surface area contributed by atoms with Gasteiger partial charge in [-0.15, -0.1) is 11.3 Å². The van der Waals surface area contributed by atoms with Gasteiger partial charge in [0.05, 0.1) is 5.02 Å². The minimum atomic E-state index is 0.698. The van der Waals surface area contributed by atoms with E-state index in [0.29, 0.717) is 6.04 Å². The zero-order valence-corrected chi connectivity index (χ0v) is 11.4. The summed E-state index contributed by atoms with van der Waals surface area (Å²) in [6.45, 7) is 3.36. The molecule has 1 aromatic heterocycles. The maximum atomic E-state index is 5.92. The fourth-order valence-electron chi connectivity index (χ4n) is 2.47. The molecule has 1 saturated carbocycles. The SMILES string of the molecule is CC1CCCCCC1NCc1cc(Cl)cs1. The zero-order valence-electron chi connectivity index (χ0n) is 9.84. The molecule has 1 aliphatic carbocycles. The Hall–Kier alpha value is -0.0500. The quantitative estimate of drug-likeness (QED) is 0.789. The molecule has 0 bridgehead atoms. The Kier molecular flexibility index (Phi) is 4.68. The predicted molar refractivity (Wildman–Crippen MR) is 72.2 cm³/mol. The summed E-state index contributed by atoms with van der Waals surface area (Å²) in [5.74, 6) is 0.818. The first-order valence-corrected chi connectivity index (χ1v) is 7.48. The average Bonchev–Trinajstić information content (AvgIpc) is 2.56.